The van der Waals surface area contributed by atoms with Gasteiger partial charge in [0.25, 0.3) is 0 Å². The molecule has 0 aliphatic heterocycles. The van der Waals surface area contributed by atoms with E-state index in [0.717, 1.165) is 29.2 Å². The maximum Gasteiger partial charge on any atom is 0.0914 e. The summed E-state index contributed by atoms with van der Waals surface area (Å²) in [5.74, 6) is 0. The highest BCUT2D eigenvalue weighted by molar-refractivity contribution is 9.10. The lowest BCUT2D eigenvalue weighted by Crippen LogP contribution is -2.32. The van der Waals surface area contributed by atoms with E-state index in [4.69, 9.17) is 0 Å². The summed E-state index contributed by atoms with van der Waals surface area (Å²) < 4.78 is 1.01. The van der Waals surface area contributed by atoms with Crippen LogP contribution in [-0.4, -0.2) is 42.7 Å². The molecule has 2 N–H and O–H groups in total. The van der Waals surface area contributed by atoms with Crippen molar-refractivity contribution in [2.24, 2.45) is 0 Å². The molecule has 3 nitrogen and oxygen atoms in total. The van der Waals surface area contributed by atoms with Crippen LogP contribution in [-0.2, 0) is 0 Å². The fourth-order valence-electron chi connectivity index (χ4n) is 2.02. The molecule has 0 aromatic heterocycles. The van der Waals surface area contributed by atoms with E-state index in [9.17, 15) is 5.11 Å². The van der Waals surface area contributed by atoms with E-state index in [0.29, 0.717) is 6.54 Å². The summed E-state index contributed by atoms with van der Waals surface area (Å²) in [6.07, 6.45) is 2.25. The van der Waals surface area contributed by atoms with Gasteiger partial charge in [-0.25, -0.2) is 0 Å². The average Bonchev–Trinajstić information content (AvgIpc) is 3.18. The number of rotatable bonds is 7. The Morgan fingerprint density at radius 1 is 1.50 bits per heavy atom. The van der Waals surface area contributed by atoms with E-state index >= 15 is 0 Å². The first-order valence-electron chi connectivity index (χ1n) is 6.51. The third-order valence-corrected chi connectivity index (χ3v) is 3.88. The quantitative estimate of drug-likeness (QED) is 0.757. The Balaban J connectivity index is 1.66. The van der Waals surface area contributed by atoms with Crippen molar-refractivity contribution < 1.29 is 5.11 Å². The van der Waals surface area contributed by atoms with Crippen molar-refractivity contribution in [2.45, 2.75) is 25.0 Å². The molecule has 4 heteroatoms. The van der Waals surface area contributed by atoms with E-state index in [-0.39, 0.29) is 0 Å². The van der Waals surface area contributed by atoms with Gasteiger partial charge in [-0.15, -0.1) is 0 Å². The van der Waals surface area contributed by atoms with Gasteiger partial charge in [0.15, 0.2) is 0 Å². The van der Waals surface area contributed by atoms with Crippen molar-refractivity contribution in [3.8, 4) is 0 Å². The van der Waals surface area contributed by atoms with Crippen LogP contribution in [0.4, 0.5) is 0 Å². The normalized spacial score (nSPS) is 17.1. The number of nitrogens with zero attached hydrogens (tertiary/aromatic N) is 1. The van der Waals surface area contributed by atoms with Crippen LogP contribution >= 0.6 is 15.9 Å². The Kier molecular flexibility index (Phi) is 5.18. The van der Waals surface area contributed by atoms with Gasteiger partial charge in [-0.05, 0) is 37.6 Å². The molecule has 2 rings (SSSR count). The molecule has 0 heterocycles. The maximum absolute atomic E-state index is 10.0. The molecule has 1 aromatic rings. The lowest BCUT2D eigenvalue weighted by atomic mass is 10.1. The molecule has 1 aliphatic carbocycles. The van der Waals surface area contributed by atoms with Gasteiger partial charge in [-0.2, -0.15) is 0 Å². The molecule has 1 fully saturated rings. The standard InChI is InChI=1S/C14H21BrN2O/c1-17(13-5-6-13)8-7-16-10-14(18)11-3-2-4-12(15)9-11/h2-4,9,13-14,16,18H,5-8,10H2,1H3. The first kappa shape index (κ1) is 14.0. The second-order valence-corrected chi connectivity index (χ2v) is 5.90. The molecule has 1 unspecified atom stereocenters. The molecular formula is C14H21BrN2O. The van der Waals surface area contributed by atoms with Crippen molar-refractivity contribution in [2.75, 3.05) is 26.7 Å². The van der Waals surface area contributed by atoms with E-state index in [2.05, 4.69) is 33.2 Å². The minimum atomic E-state index is -0.436. The Hall–Kier alpha value is -0.420. The zero-order valence-corrected chi connectivity index (χ0v) is 12.4. The first-order chi connectivity index (χ1) is 8.66. The highest BCUT2D eigenvalue weighted by Crippen LogP contribution is 2.24. The Morgan fingerprint density at radius 2 is 2.28 bits per heavy atom. The molecule has 1 aliphatic rings. The number of hydrogen-bond donors (Lipinski definition) is 2. The van der Waals surface area contributed by atoms with E-state index in [1.807, 2.05) is 24.3 Å². The molecule has 0 radical (unpaired) electrons. The molecule has 0 bridgehead atoms. The number of benzene rings is 1. The topological polar surface area (TPSA) is 35.5 Å². The fourth-order valence-corrected chi connectivity index (χ4v) is 2.44. The van der Waals surface area contributed by atoms with Gasteiger partial charge in [0.1, 0.15) is 0 Å². The zero-order chi connectivity index (χ0) is 13.0. The summed E-state index contributed by atoms with van der Waals surface area (Å²) in [5.41, 5.74) is 0.951. The fraction of sp³-hybridized carbons (Fsp3) is 0.571. The number of hydrogen-bond acceptors (Lipinski definition) is 3. The monoisotopic (exact) mass is 312 g/mol. The first-order valence-corrected chi connectivity index (χ1v) is 7.30. The van der Waals surface area contributed by atoms with Crippen molar-refractivity contribution in [3.63, 3.8) is 0 Å². The summed E-state index contributed by atoms with van der Waals surface area (Å²) in [4.78, 5) is 2.39. The number of aliphatic hydroxyl groups is 1. The van der Waals surface area contributed by atoms with Crippen LogP contribution in [0.1, 0.15) is 24.5 Å². The summed E-state index contributed by atoms with van der Waals surface area (Å²) in [6, 6.07) is 8.63. The Bertz CT molecular complexity index is 382. The average molecular weight is 313 g/mol. The predicted octanol–water partition coefficient (Wildman–Crippen LogP) is 2.17. The van der Waals surface area contributed by atoms with E-state index in [1.165, 1.54) is 12.8 Å². The van der Waals surface area contributed by atoms with Crippen LogP contribution in [0.2, 0.25) is 0 Å². The molecule has 100 valence electrons. The zero-order valence-electron chi connectivity index (χ0n) is 10.8. The van der Waals surface area contributed by atoms with Crippen LogP contribution in [0.15, 0.2) is 28.7 Å². The number of nitrogens with one attached hydrogen (secondary N) is 1. The van der Waals surface area contributed by atoms with E-state index in [1.54, 1.807) is 0 Å². The van der Waals surface area contributed by atoms with Gasteiger partial charge in [0, 0.05) is 30.1 Å². The maximum atomic E-state index is 10.0. The summed E-state index contributed by atoms with van der Waals surface area (Å²) in [5, 5.41) is 13.3. The second-order valence-electron chi connectivity index (χ2n) is 4.99. The Morgan fingerprint density at radius 3 is 2.94 bits per heavy atom. The van der Waals surface area contributed by atoms with Crippen LogP contribution in [0, 0.1) is 0 Å². The highest BCUT2D eigenvalue weighted by Gasteiger charge is 2.25. The molecule has 1 saturated carbocycles. The highest BCUT2D eigenvalue weighted by atomic mass is 79.9. The van der Waals surface area contributed by atoms with Gasteiger partial charge < -0.3 is 15.3 Å². The van der Waals surface area contributed by atoms with Crippen molar-refractivity contribution in [1.29, 1.82) is 0 Å². The largest absolute Gasteiger partial charge is 0.387 e. The van der Waals surface area contributed by atoms with Crippen LogP contribution < -0.4 is 5.32 Å². The number of likely N-dealkylation sites (N-methyl/N-ethyl adjacent to an activating group) is 1. The van der Waals surface area contributed by atoms with E-state index < -0.39 is 6.10 Å². The number of aliphatic hydroxyl groups excluding tert-OH is 1. The smallest absolute Gasteiger partial charge is 0.0914 e. The van der Waals surface area contributed by atoms with Gasteiger partial charge >= 0.3 is 0 Å². The van der Waals surface area contributed by atoms with Crippen molar-refractivity contribution >= 4 is 15.9 Å². The van der Waals surface area contributed by atoms with Crippen LogP contribution in [0.5, 0.6) is 0 Å². The molecule has 0 spiro atoms. The molecule has 0 saturated heterocycles. The summed E-state index contributed by atoms with van der Waals surface area (Å²) in [6.45, 7) is 2.59. The van der Waals surface area contributed by atoms with Gasteiger partial charge in [-0.1, -0.05) is 28.1 Å². The van der Waals surface area contributed by atoms with Crippen LogP contribution in [0.25, 0.3) is 0 Å². The SMILES string of the molecule is CN(CCNCC(O)c1cccc(Br)c1)C1CC1. The van der Waals surface area contributed by atoms with Crippen molar-refractivity contribution in [3.05, 3.63) is 34.3 Å². The minimum Gasteiger partial charge on any atom is -0.387 e. The van der Waals surface area contributed by atoms with Gasteiger partial charge in [0.05, 0.1) is 6.10 Å². The van der Waals surface area contributed by atoms with Gasteiger partial charge in [0.2, 0.25) is 0 Å². The molecule has 1 aromatic carbocycles. The summed E-state index contributed by atoms with van der Waals surface area (Å²) >= 11 is 3.42. The molecule has 18 heavy (non-hydrogen) atoms. The second kappa shape index (κ2) is 6.66. The third-order valence-electron chi connectivity index (χ3n) is 3.38. The van der Waals surface area contributed by atoms with Crippen LogP contribution in [0.3, 0.4) is 0 Å². The summed E-state index contributed by atoms with van der Waals surface area (Å²) in [7, 11) is 2.17. The Labute approximate surface area is 117 Å². The molecular weight excluding hydrogens is 292 g/mol. The molecule has 0 amide bonds. The number of halogens is 1. The lowest BCUT2D eigenvalue weighted by molar-refractivity contribution is 0.173. The van der Waals surface area contributed by atoms with Crippen molar-refractivity contribution in [1.82, 2.24) is 10.2 Å². The minimum absolute atomic E-state index is 0.436. The third kappa shape index (κ3) is 4.35. The predicted molar refractivity (Wildman–Crippen MR) is 77.6 cm³/mol. The van der Waals surface area contributed by atoms with Gasteiger partial charge in [-0.3, -0.25) is 0 Å². The molecule has 1 atom stereocenters. The lowest BCUT2D eigenvalue weighted by Gasteiger charge is -2.17.